The summed E-state index contributed by atoms with van der Waals surface area (Å²) in [5.41, 5.74) is 1.33. The summed E-state index contributed by atoms with van der Waals surface area (Å²) in [6, 6.07) is 14.1. The summed E-state index contributed by atoms with van der Waals surface area (Å²) in [5, 5.41) is 14.6. The van der Waals surface area contributed by atoms with Crippen LogP contribution in [0.4, 0.5) is 5.69 Å². The van der Waals surface area contributed by atoms with E-state index in [1.165, 1.54) is 0 Å². The quantitative estimate of drug-likeness (QED) is 0.758. The molecule has 0 saturated heterocycles. The van der Waals surface area contributed by atoms with Gasteiger partial charge in [-0.05, 0) is 49.5 Å². The van der Waals surface area contributed by atoms with Gasteiger partial charge in [0.05, 0.1) is 23.4 Å². The molecule has 1 amide bonds. The third-order valence-corrected chi connectivity index (χ3v) is 3.71. The summed E-state index contributed by atoms with van der Waals surface area (Å²) in [6.45, 7) is 2.29. The van der Waals surface area contributed by atoms with E-state index in [0.29, 0.717) is 29.2 Å². The van der Waals surface area contributed by atoms with Gasteiger partial charge in [0, 0.05) is 4.47 Å². The van der Waals surface area contributed by atoms with E-state index in [1.54, 1.807) is 42.5 Å². The Morgan fingerprint density at radius 1 is 1.33 bits per heavy atom. The number of rotatable bonds is 4. The van der Waals surface area contributed by atoms with Crippen molar-refractivity contribution in [2.75, 3.05) is 11.9 Å². The first-order valence-corrected chi connectivity index (χ1v) is 8.29. The van der Waals surface area contributed by atoms with Crippen LogP contribution < -0.4 is 15.4 Å². The lowest BCUT2D eigenvalue weighted by atomic mass is 10.2. The van der Waals surface area contributed by atoms with Crippen molar-refractivity contribution in [3.8, 4) is 11.8 Å². The van der Waals surface area contributed by atoms with Crippen molar-refractivity contribution in [1.82, 2.24) is 5.32 Å². The smallest absolute Gasteiger partial charge is 0.261 e. The fourth-order valence-corrected chi connectivity index (χ4v) is 2.54. The highest BCUT2D eigenvalue weighted by Gasteiger charge is 2.15. The number of anilines is 1. The van der Waals surface area contributed by atoms with Crippen LogP contribution in [-0.2, 0) is 0 Å². The maximum Gasteiger partial charge on any atom is 0.261 e. The maximum absolute atomic E-state index is 12.4. The number of halogens is 1. The summed E-state index contributed by atoms with van der Waals surface area (Å²) in [7, 11) is 0. The Bertz CT molecular complexity index is 818. The highest BCUT2D eigenvalue weighted by molar-refractivity contribution is 9.10. The van der Waals surface area contributed by atoms with Gasteiger partial charge in [-0.3, -0.25) is 10.1 Å². The van der Waals surface area contributed by atoms with Gasteiger partial charge >= 0.3 is 0 Å². The van der Waals surface area contributed by atoms with Crippen molar-refractivity contribution in [3.63, 3.8) is 0 Å². The normalized spacial score (nSPS) is 9.71. The van der Waals surface area contributed by atoms with E-state index in [1.807, 2.05) is 6.92 Å². The molecule has 122 valence electrons. The lowest BCUT2D eigenvalue weighted by molar-refractivity contribution is 0.0974. The molecule has 2 aromatic rings. The molecule has 0 aliphatic heterocycles. The molecular weight excluding hydrogens is 390 g/mol. The van der Waals surface area contributed by atoms with E-state index in [9.17, 15) is 4.79 Å². The molecule has 5 nitrogen and oxygen atoms in total. The van der Waals surface area contributed by atoms with Gasteiger partial charge in [-0.15, -0.1) is 0 Å². The number of benzene rings is 2. The zero-order valence-electron chi connectivity index (χ0n) is 12.8. The summed E-state index contributed by atoms with van der Waals surface area (Å²) in [5.74, 6) is 0.0742. The number of hydrogen-bond acceptors (Lipinski definition) is 4. The molecule has 24 heavy (non-hydrogen) atoms. The second-order valence-corrected chi connectivity index (χ2v) is 5.96. The highest BCUT2D eigenvalue weighted by atomic mass is 79.9. The third-order valence-electron chi connectivity index (χ3n) is 3.01. The number of para-hydroxylation sites is 1. The first-order valence-electron chi connectivity index (χ1n) is 7.09. The predicted octanol–water partition coefficient (Wildman–Crippen LogP) is 3.85. The minimum atomic E-state index is -0.397. The molecule has 0 heterocycles. The molecule has 0 unspecified atom stereocenters. The monoisotopic (exact) mass is 403 g/mol. The summed E-state index contributed by atoms with van der Waals surface area (Å²) < 4.78 is 6.22. The van der Waals surface area contributed by atoms with Crippen LogP contribution in [0.1, 0.15) is 22.8 Å². The molecule has 0 aliphatic rings. The van der Waals surface area contributed by atoms with Crippen LogP contribution in [0.15, 0.2) is 46.9 Å². The Morgan fingerprint density at radius 3 is 2.79 bits per heavy atom. The molecule has 2 aromatic carbocycles. The van der Waals surface area contributed by atoms with E-state index in [2.05, 4.69) is 32.6 Å². The summed E-state index contributed by atoms with van der Waals surface area (Å²) >= 11 is 8.49. The van der Waals surface area contributed by atoms with Crippen LogP contribution in [0.3, 0.4) is 0 Å². The van der Waals surface area contributed by atoms with Crippen molar-refractivity contribution in [1.29, 1.82) is 5.26 Å². The molecule has 0 aromatic heterocycles. The van der Waals surface area contributed by atoms with E-state index in [0.717, 1.165) is 4.47 Å². The first kappa shape index (κ1) is 17.9. The van der Waals surface area contributed by atoms with E-state index in [4.69, 9.17) is 22.2 Å². The van der Waals surface area contributed by atoms with Crippen molar-refractivity contribution < 1.29 is 9.53 Å². The Balaban J connectivity index is 2.14. The van der Waals surface area contributed by atoms with Crippen LogP contribution in [0, 0.1) is 11.3 Å². The third kappa shape index (κ3) is 4.54. The van der Waals surface area contributed by atoms with Crippen molar-refractivity contribution in [3.05, 3.63) is 58.1 Å². The average molecular weight is 404 g/mol. The number of hydrogen-bond donors (Lipinski definition) is 2. The zero-order chi connectivity index (χ0) is 17.5. The van der Waals surface area contributed by atoms with Gasteiger partial charge in [0.1, 0.15) is 11.8 Å². The standard InChI is InChI=1S/C17H14BrN3O2S/c1-2-23-15-8-7-12(18)9-13(15)16(22)21-17(24)20-14-6-4-3-5-11(14)10-19/h3-9H,2H2,1H3,(H2,20,21,22,24). The Kier molecular flexibility index (Phi) is 6.29. The van der Waals surface area contributed by atoms with E-state index in [-0.39, 0.29) is 5.11 Å². The largest absolute Gasteiger partial charge is 0.493 e. The van der Waals surface area contributed by atoms with Gasteiger partial charge in [-0.25, -0.2) is 0 Å². The molecule has 0 bridgehead atoms. The van der Waals surface area contributed by atoms with Crippen molar-refractivity contribution >= 4 is 44.9 Å². The number of nitriles is 1. The zero-order valence-corrected chi connectivity index (χ0v) is 15.2. The highest BCUT2D eigenvalue weighted by Crippen LogP contribution is 2.23. The first-order chi connectivity index (χ1) is 11.5. The van der Waals surface area contributed by atoms with Crippen molar-refractivity contribution in [2.45, 2.75) is 6.92 Å². The lowest BCUT2D eigenvalue weighted by Crippen LogP contribution is -2.34. The summed E-state index contributed by atoms with van der Waals surface area (Å²) in [6.07, 6.45) is 0. The Hall–Kier alpha value is -2.43. The van der Waals surface area contributed by atoms with Crippen LogP contribution in [0.5, 0.6) is 5.75 Å². The van der Waals surface area contributed by atoms with Gasteiger partial charge in [0.15, 0.2) is 5.11 Å². The van der Waals surface area contributed by atoms with Gasteiger partial charge in [0.2, 0.25) is 0 Å². The fourth-order valence-electron chi connectivity index (χ4n) is 1.97. The number of thiocarbonyl (C=S) groups is 1. The molecule has 2 rings (SSSR count). The van der Waals surface area contributed by atoms with Crippen LogP contribution in [-0.4, -0.2) is 17.6 Å². The number of nitrogens with one attached hydrogen (secondary N) is 2. The Labute approximate surface area is 153 Å². The number of carbonyl (C=O) groups is 1. The molecular formula is C17H14BrN3O2S. The van der Waals surface area contributed by atoms with Gasteiger partial charge in [-0.2, -0.15) is 5.26 Å². The molecule has 0 spiro atoms. The van der Waals surface area contributed by atoms with Crippen molar-refractivity contribution in [2.24, 2.45) is 0 Å². The van der Waals surface area contributed by atoms with Crippen LogP contribution >= 0.6 is 28.1 Å². The fraction of sp³-hybridized carbons (Fsp3) is 0.118. The lowest BCUT2D eigenvalue weighted by Gasteiger charge is -2.13. The van der Waals surface area contributed by atoms with Gasteiger partial charge in [-0.1, -0.05) is 28.1 Å². The minimum Gasteiger partial charge on any atom is -0.493 e. The second-order valence-electron chi connectivity index (χ2n) is 4.64. The number of amides is 1. The van der Waals surface area contributed by atoms with E-state index < -0.39 is 5.91 Å². The number of ether oxygens (including phenoxy) is 1. The summed E-state index contributed by atoms with van der Waals surface area (Å²) in [4.78, 5) is 12.4. The van der Waals surface area contributed by atoms with Crippen LogP contribution in [0.25, 0.3) is 0 Å². The molecule has 0 atom stereocenters. The molecule has 0 saturated carbocycles. The predicted molar refractivity (Wildman–Crippen MR) is 100 cm³/mol. The second kappa shape index (κ2) is 8.43. The number of carbonyl (C=O) groups excluding carboxylic acids is 1. The van der Waals surface area contributed by atoms with E-state index >= 15 is 0 Å². The van der Waals surface area contributed by atoms with Gasteiger partial charge in [0.25, 0.3) is 5.91 Å². The maximum atomic E-state index is 12.4. The van der Waals surface area contributed by atoms with Crippen LogP contribution in [0.2, 0.25) is 0 Å². The van der Waals surface area contributed by atoms with Gasteiger partial charge < -0.3 is 10.1 Å². The molecule has 0 fully saturated rings. The topological polar surface area (TPSA) is 74.2 Å². The Morgan fingerprint density at radius 2 is 2.08 bits per heavy atom. The number of nitrogens with zero attached hydrogens (tertiary/aromatic N) is 1. The SMILES string of the molecule is CCOc1ccc(Br)cc1C(=O)NC(=S)Nc1ccccc1C#N. The molecule has 2 N–H and O–H groups in total. The molecule has 0 radical (unpaired) electrons. The molecule has 0 aliphatic carbocycles. The molecule has 7 heteroatoms. The minimum absolute atomic E-state index is 0.102. The average Bonchev–Trinajstić information content (AvgIpc) is 2.57.